The third-order valence-electron chi connectivity index (χ3n) is 4.67. The number of piperazine rings is 1. The van der Waals surface area contributed by atoms with E-state index >= 15 is 0 Å². The van der Waals surface area contributed by atoms with Crippen molar-refractivity contribution in [2.75, 3.05) is 64.3 Å². The highest BCUT2D eigenvalue weighted by Crippen LogP contribution is 2.26. The number of hydrogen-bond acceptors (Lipinski definition) is 7. The Labute approximate surface area is 155 Å². The second kappa shape index (κ2) is 8.23. The van der Waals surface area contributed by atoms with Gasteiger partial charge < -0.3 is 19.3 Å². The molecule has 0 amide bonds. The lowest BCUT2D eigenvalue weighted by Crippen LogP contribution is -2.46. The molecule has 0 spiro atoms. The van der Waals surface area contributed by atoms with Crippen molar-refractivity contribution >= 4 is 11.6 Å². The van der Waals surface area contributed by atoms with Crippen LogP contribution in [0.15, 0.2) is 30.6 Å². The maximum Gasteiger partial charge on any atom is 0.134 e. The molecule has 0 atom stereocenters. The number of nitrogens with zero attached hydrogens (tertiary/aromatic N) is 5. The molecule has 1 fully saturated rings. The summed E-state index contributed by atoms with van der Waals surface area (Å²) in [4.78, 5) is 15.5. The molecule has 0 bridgehead atoms. The number of benzene rings is 1. The first kappa shape index (κ1) is 18.3. The van der Waals surface area contributed by atoms with Crippen LogP contribution in [0.5, 0.6) is 11.5 Å². The lowest BCUT2D eigenvalue weighted by Gasteiger charge is -2.35. The third-order valence-corrected chi connectivity index (χ3v) is 4.67. The first-order chi connectivity index (χ1) is 12.6. The number of rotatable bonds is 6. The van der Waals surface area contributed by atoms with Gasteiger partial charge in [0.2, 0.25) is 0 Å². The molecule has 1 saturated heterocycles. The molecule has 1 aromatic heterocycles. The SMILES string of the molecule is COc1ccc(OC)c(CN2CCN(c3cc(N(C)C)ncn3)CC2)c1. The molecule has 1 aromatic carbocycles. The Morgan fingerprint density at radius 2 is 1.77 bits per heavy atom. The number of ether oxygens (including phenoxy) is 2. The quantitative estimate of drug-likeness (QED) is 0.782. The number of anilines is 2. The van der Waals surface area contributed by atoms with Crippen molar-refractivity contribution in [1.29, 1.82) is 0 Å². The van der Waals surface area contributed by atoms with Gasteiger partial charge in [0.05, 0.1) is 14.2 Å². The predicted octanol–water partition coefficient (Wildman–Crippen LogP) is 1.88. The topological polar surface area (TPSA) is 54.0 Å². The lowest BCUT2D eigenvalue weighted by atomic mass is 10.1. The Balaban J connectivity index is 1.63. The Bertz CT molecular complexity index is 730. The highest BCUT2D eigenvalue weighted by atomic mass is 16.5. The molecule has 1 aliphatic rings. The van der Waals surface area contributed by atoms with Gasteiger partial charge in [0.25, 0.3) is 0 Å². The molecule has 2 heterocycles. The van der Waals surface area contributed by atoms with Gasteiger partial charge >= 0.3 is 0 Å². The van der Waals surface area contributed by atoms with Crippen molar-refractivity contribution in [1.82, 2.24) is 14.9 Å². The molecular weight excluding hydrogens is 330 g/mol. The van der Waals surface area contributed by atoms with E-state index in [1.165, 1.54) is 0 Å². The van der Waals surface area contributed by atoms with Crippen LogP contribution in [-0.2, 0) is 6.54 Å². The van der Waals surface area contributed by atoms with Gasteiger partial charge in [0.1, 0.15) is 29.5 Å². The van der Waals surface area contributed by atoms with E-state index in [-0.39, 0.29) is 0 Å². The van der Waals surface area contributed by atoms with Crippen LogP contribution in [0.1, 0.15) is 5.56 Å². The average Bonchev–Trinajstić information content (AvgIpc) is 2.68. The van der Waals surface area contributed by atoms with Crippen LogP contribution >= 0.6 is 0 Å². The predicted molar refractivity (Wildman–Crippen MR) is 103 cm³/mol. The Hall–Kier alpha value is -2.54. The lowest BCUT2D eigenvalue weighted by molar-refractivity contribution is 0.245. The van der Waals surface area contributed by atoms with E-state index in [2.05, 4.69) is 25.8 Å². The minimum Gasteiger partial charge on any atom is -0.497 e. The molecule has 7 nitrogen and oxygen atoms in total. The molecular formula is C19H27N5O2. The Kier molecular flexibility index (Phi) is 5.78. The maximum absolute atomic E-state index is 5.50. The van der Waals surface area contributed by atoms with Crippen LogP contribution in [-0.4, -0.2) is 69.4 Å². The van der Waals surface area contributed by atoms with Gasteiger partial charge in [-0.25, -0.2) is 9.97 Å². The summed E-state index contributed by atoms with van der Waals surface area (Å²) in [6, 6.07) is 7.99. The van der Waals surface area contributed by atoms with E-state index in [0.29, 0.717) is 0 Å². The molecule has 1 aliphatic heterocycles. The molecule has 3 rings (SSSR count). The second-order valence-corrected chi connectivity index (χ2v) is 6.57. The largest absolute Gasteiger partial charge is 0.497 e. The molecule has 26 heavy (non-hydrogen) atoms. The van der Waals surface area contributed by atoms with Gasteiger partial charge in [0, 0.05) is 58.4 Å². The minimum absolute atomic E-state index is 0.848. The van der Waals surface area contributed by atoms with E-state index in [1.807, 2.05) is 37.2 Å². The number of hydrogen-bond donors (Lipinski definition) is 0. The van der Waals surface area contributed by atoms with E-state index in [9.17, 15) is 0 Å². The maximum atomic E-state index is 5.50. The fourth-order valence-electron chi connectivity index (χ4n) is 3.14. The van der Waals surface area contributed by atoms with Crippen molar-refractivity contribution in [3.63, 3.8) is 0 Å². The van der Waals surface area contributed by atoms with E-state index in [1.54, 1.807) is 20.5 Å². The van der Waals surface area contributed by atoms with Gasteiger partial charge in [-0.3, -0.25) is 4.90 Å². The van der Waals surface area contributed by atoms with Crippen molar-refractivity contribution < 1.29 is 9.47 Å². The normalized spacial score (nSPS) is 15.0. The highest BCUT2D eigenvalue weighted by Gasteiger charge is 2.20. The summed E-state index contributed by atoms with van der Waals surface area (Å²) in [5.41, 5.74) is 1.15. The molecule has 0 radical (unpaired) electrons. The average molecular weight is 357 g/mol. The van der Waals surface area contributed by atoms with Crippen molar-refractivity contribution in [2.24, 2.45) is 0 Å². The van der Waals surface area contributed by atoms with Gasteiger partial charge in [-0.05, 0) is 18.2 Å². The third kappa shape index (κ3) is 4.16. The van der Waals surface area contributed by atoms with Crippen LogP contribution in [0.3, 0.4) is 0 Å². The van der Waals surface area contributed by atoms with Crippen molar-refractivity contribution in [2.45, 2.75) is 6.54 Å². The molecule has 0 N–H and O–H groups in total. The van der Waals surface area contributed by atoms with Crippen molar-refractivity contribution in [3.05, 3.63) is 36.2 Å². The zero-order chi connectivity index (χ0) is 18.5. The zero-order valence-electron chi connectivity index (χ0n) is 16.0. The standard InChI is InChI=1S/C19H27N5O2/c1-22(2)18-12-19(21-14-20-18)24-9-7-23(8-10-24)13-15-11-16(25-3)5-6-17(15)26-4/h5-6,11-12,14H,7-10,13H2,1-4H3. The van der Waals surface area contributed by atoms with Gasteiger partial charge in [-0.15, -0.1) is 0 Å². The number of aromatic nitrogens is 2. The van der Waals surface area contributed by atoms with Crippen molar-refractivity contribution in [3.8, 4) is 11.5 Å². The van der Waals surface area contributed by atoms with Crippen LogP contribution in [0.4, 0.5) is 11.6 Å². The van der Waals surface area contributed by atoms with E-state index in [0.717, 1.165) is 61.4 Å². The summed E-state index contributed by atoms with van der Waals surface area (Å²) in [6.45, 7) is 4.68. The minimum atomic E-state index is 0.848. The first-order valence-corrected chi connectivity index (χ1v) is 8.78. The Morgan fingerprint density at radius 3 is 2.42 bits per heavy atom. The van der Waals surface area contributed by atoms with Crippen LogP contribution in [0.25, 0.3) is 0 Å². The molecule has 0 aliphatic carbocycles. The molecule has 0 unspecified atom stereocenters. The fraction of sp³-hybridized carbons (Fsp3) is 0.474. The molecule has 140 valence electrons. The summed E-state index contributed by atoms with van der Waals surface area (Å²) in [6.07, 6.45) is 1.64. The smallest absolute Gasteiger partial charge is 0.134 e. The van der Waals surface area contributed by atoms with E-state index < -0.39 is 0 Å². The number of methoxy groups -OCH3 is 2. The Morgan fingerprint density at radius 1 is 1.00 bits per heavy atom. The summed E-state index contributed by atoms with van der Waals surface area (Å²) < 4.78 is 10.8. The van der Waals surface area contributed by atoms with Crippen LogP contribution in [0, 0.1) is 0 Å². The monoisotopic (exact) mass is 357 g/mol. The van der Waals surface area contributed by atoms with Crippen LogP contribution < -0.4 is 19.3 Å². The fourth-order valence-corrected chi connectivity index (χ4v) is 3.14. The van der Waals surface area contributed by atoms with E-state index in [4.69, 9.17) is 9.47 Å². The summed E-state index contributed by atoms with van der Waals surface area (Å²) in [7, 11) is 7.38. The molecule has 7 heteroatoms. The molecule has 0 saturated carbocycles. The second-order valence-electron chi connectivity index (χ2n) is 6.57. The first-order valence-electron chi connectivity index (χ1n) is 8.78. The summed E-state index contributed by atoms with van der Waals surface area (Å²) >= 11 is 0. The zero-order valence-corrected chi connectivity index (χ0v) is 16.0. The highest BCUT2D eigenvalue weighted by molar-refractivity contribution is 5.49. The summed E-state index contributed by atoms with van der Waals surface area (Å²) in [5, 5.41) is 0. The molecule has 2 aromatic rings. The summed E-state index contributed by atoms with van der Waals surface area (Å²) in [5.74, 6) is 3.68. The van der Waals surface area contributed by atoms with Gasteiger partial charge in [-0.2, -0.15) is 0 Å². The van der Waals surface area contributed by atoms with Gasteiger partial charge in [-0.1, -0.05) is 0 Å². The van der Waals surface area contributed by atoms with Crippen LogP contribution in [0.2, 0.25) is 0 Å². The van der Waals surface area contributed by atoms with Gasteiger partial charge in [0.15, 0.2) is 0 Å².